The second-order valence-electron chi connectivity index (χ2n) is 4.79. The first-order valence-corrected chi connectivity index (χ1v) is 7.83. The lowest BCUT2D eigenvalue weighted by Gasteiger charge is -2.19. The van der Waals surface area contributed by atoms with Crippen molar-refractivity contribution in [1.29, 1.82) is 0 Å². The third kappa shape index (κ3) is 4.66. The van der Waals surface area contributed by atoms with Crippen LogP contribution in [0.3, 0.4) is 0 Å². The number of nitrogen functional groups attached to an aromatic ring is 1. The van der Waals surface area contributed by atoms with Crippen LogP contribution in [-0.2, 0) is 15.8 Å². The Kier molecular flexibility index (Phi) is 5.16. The van der Waals surface area contributed by atoms with Crippen LogP contribution in [-0.4, -0.2) is 14.5 Å². The fourth-order valence-corrected chi connectivity index (χ4v) is 3.14. The molecule has 0 aliphatic carbocycles. The Hall–Kier alpha value is -1.07. The molecule has 0 saturated carbocycles. The van der Waals surface area contributed by atoms with Crippen LogP contribution in [0.2, 0.25) is 0 Å². The number of hydrogen-bond donors (Lipinski definition) is 2. The van der Waals surface area contributed by atoms with Gasteiger partial charge in [-0.15, -0.1) is 0 Å². The van der Waals surface area contributed by atoms with Gasteiger partial charge in [-0.05, 0) is 30.5 Å². The van der Waals surface area contributed by atoms with Gasteiger partial charge < -0.3 is 5.73 Å². The molecule has 0 heterocycles. The van der Waals surface area contributed by atoms with Crippen LogP contribution in [0, 0.1) is 5.92 Å². The number of benzene rings is 1. The Bertz CT molecular complexity index is 468. The molecular weight excluding hydrogens is 248 g/mol. The highest BCUT2D eigenvalue weighted by Crippen LogP contribution is 2.12. The fourth-order valence-electron chi connectivity index (χ4n) is 1.63. The van der Waals surface area contributed by atoms with E-state index in [1.165, 1.54) is 0 Å². The van der Waals surface area contributed by atoms with Gasteiger partial charge in [0, 0.05) is 11.7 Å². The number of hydrogen-bond acceptors (Lipinski definition) is 3. The lowest BCUT2D eigenvalue weighted by atomic mass is 10.0. The predicted octanol–water partition coefficient (Wildman–Crippen LogP) is 2.12. The molecular formula is C13H22N2O2S. The Labute approximate surface area is 110 Å². The number of nitrogens with two attached hydrogens (primary N) is 1. The van der Waals surface area contributed by atoms with E-state index in [0.717, 1.165) is 12.0 Å². The molecule has 0 spiro atoms. The van der Waals surface area contributed by atoms with Crippen molar-refractivity contribution in [2.24, 2.45) is 5.92 Å². The van der Waals surface area contributed by atoms with E-state index < -0.39 is 10.0 Å². The topological polar surface area (TPSA) is 72.2 Å². The molecule has 18 heavy (non-hydrogen) atoms. The second kappa shape index (κ2) is 6.20. The van der Waals surface area contributed by atoms with Crippen LogP contribution in [0.4, 0.5) is 5.69 Å². The van der Waals surface area contributed by atoms with Crippen molar-refractivity contribution < 1.29 is 8.42 Å². The normalized spacial score (nSPS) is 15.3. The first-order valence-electron chi connectivity index (χ1n) is 6.18. The van der Waals surface area contributed by atoms with Gasteiger partial charge in [0.1, 0.15) is 0 Å². The number of sulfonamides is 1. The van der Waals surface area contributed by atoms with Crippen LogP contribution < -0.4 is 10.5 Å². The largest absolute Gasteiger partial charge is 0.399 e. The summed E-state index contributed by atoms with van der Waals surface area (Å²) in [6, 6.07) is 6.85. The highest BCUT2D eigenvalue weighted by atomic mass is 32.2. The van der Waals surface area contributed by atoms with Crippen molar-refractivity contribution in [3.05, 3.63) is 29.8 Å². The van der Waals surface area contributed by atoms with Gasteiger partial charge >= 0.3 is 0 Å². The average molecular weight is 270 g/mol. The van der Waals surface area contributed by atoms with E-state index in [4.69, 9.17) is 5.73 Å². The van der Waals surface area contributed by atoms with Crippen LogP contribution in [0.5, 0.6) is 0 Å². The molecule has 0 aliphatic heterocycles. The Morgan fingerprint density at radius 3 is 2.28 bits per heavy atom. The summed E-state index contributed by atoms with van der Waals surface area (Å²) in [5.41, 5.74) is 6.94. The van der Waals surface area contributed by atoms with E-state index in [1.807, 2.05) is 13.8 Å². The van der Waals surface area contributed by atoms with Gasteiger partial charge in [-0.3, -0.25) is 0 Å². The third-order valence-electron chi connectivity index (χ3n) is 3.20. The molecule has 0 aliphatic rings. The van der Waals surface area contributed by atoms with Gasteiger partial charge in [0.05, 0.1) is 5.75 Å². The number of anilines is 1. The summed E-state index contributed by atoms with van der Waals surface area (Å²) in [6.45, 7) is 5.99. The molecule has 4 nitrogen and oxygen atoms in total. The minimum absolute atomic E-state index is 0.00590. The van der Waals surface area contributed by atoms with Crippen molar-refractivity contribution in [2.45, 2.75) is 39.0 Å². The summed E-state index contributed by atoms with van der Waals surface area (Å²) < 4.78 is 26.7. The fraction of sp³-hybridized carbons (Fsp3) is 0.538. The number of nitrogens with one attached hydrogen (secondary N) is 1. The smallest absolute Gasteiger partial charge is 0.216 e. The van der Waals surface area contributed by atoms with E-state index in [-0.39, 0.29) is 11.8 Å². The molecule has 5 heteroatoms. The second-order valence-corrected chi connectivity index (χ2v) is 6.55. The molecule has 0 saturated heterocycles. The quantitative estimate of drug-likeness (QED) is 0.778. The zero-order valence-electron chi connectivity index (χ0n) is 11.2. The first-order chi connectivity index (χ1) is 8.34. The average Bonchev–Trinajstić information content (AvgIpc) is 2.30. The monoisotopic (exact) mass is 270 g/mol. The summed E-state index contributed by atoms with van der Waals surface area (Å²) in [5.74, 6) is 0.319. The molecule has 1 rings (SSSR count). The van der Waals surface area contributed by atoms with E-state index in [0.29, 0.717) is 11.6 Å². The molecule has 0 bridgehead atoms. The molecule has 0 radical (unpaired) electrons. The molecule has 1 aromatic carbocycles. The Morgan fingerprint density at radius 2 is 1.78 bits per heavy atom. The summed E-state index contributed by atoms with van der Waals surface area (Å²) >= 11 is 0. The van der Waals surface area contributed by atoms with Gasteiger partial charge in [0.25, 0.3) is 0 Å². The maximum absolute atomic E-state index is 12.0. The van der Waals surface area contributed by atoms with Gasteiger partial charge in [0.15, 0.2) is 0 Å². The maximum Gasteiger partial charge on any atom is 0.216 e. The van der Waals surface area contributed by atoms with Crippen molar-refractivity contribution in [1.82, 2.24) is 4.72 Å². The van der Waals surface area contributed by atoms with Crippen molar-refractivity contribution in [3.63, 3.8) is 0 Å². The highest BCUT2D eigenvalue weighted by molar-refractivity contribution is 7.88. The summed E-state index contributed by atoms with van der Waals surface area (Å²) in [7, 11) is -3.29. The standard InChI is InChI=1S/C13H22N2O2S/c1-4-10(2)11(3)15-18(16,17)9-12-5-7-13(14)8-6-12/h5-8,10-11,15H,4,9,14H2,1-3H3. The van der Waals surface area contributed by atoms with Crippen LogP contribution in [0.15, 0.2) is 24.3 Å². The van der Waals surface area contributed by atoms with Crippen LogP contribution in [0.25, 0.3) is 0 Å². The molecule has 2 atom stereocenters. The van der Waals surface area contributed by atoms with E-state index >= 15 is 0 Å². The SMILES string of the molecule is CCC(C)C(C)NS(=O)(=O)Cc1ccc(N)cc1. The van der Waals surface area contributed by atoms with Crippen molar-refractivity contribution in [3.8, 4) is 0 Å². The Balaban J connectivity index is 2.68. The highest BCUT2D eigenvalue weighted by Gasteiger charge is 2.18. The number of rotatable bonds is 6. The lowest BCUT2D eigenvalue weighted by Crippen LogP contribution is -2.37. The molecule has 3 N–H and O–H groups in total. The third-order valence-corrected chi connectivity index (χ3v) is 4.64. The molecule has 0 aromatic heterocycles. The molecule has 1 aromatic rings. The minimum atomic E-state index is -3.29. The zero-order valence-corrected chi connectivity index (χ0v) is 12.0. The maximum atomic E-state index is 12.0. The van der Waals surface area contributed by atoms with Crippen LogP contribution in [0.1, 0.15) is 32.8 Å². The molecule has 2 unspecified atom stereocenters. The molecule has 102 valence electrons. The van der Waals surface area contributed by atoms with Crippen LogP contribution >= 0.6 is 0 Å². The predicted molar refractivity (Wildman–Crippen MR) is 75.5 cm³/mol. The van der Waals surface area contributed by atoms with E-state index in [9.17, 15) is 8.42 Å². The lowest BCUT2D eigenvalue weighted by molar-refractivity contribution is 0.434. The van der Waals surface area contributed by atoms with E-state index in [1.54, 1.807) is 24.3 Å². The van der Waals surface area contributed by atoms with Crippen molar-refractivity contribution in [2.75, 3.05) is 5.73 Å². The zero-order chi connectivity index (χ0) is 13.8. The summed E-state index contributed by atoms with van der Waals surface area (Å²) in [5, 5.41) is 0. The molecule has 0 amide bonds. The van der Waals surface area contributed by atoms with E-state index in [2.05, 4.69) is 11.6 Å². The van der Waals surface area contributed by atoms with Crippen molar-refractivity contribution >= 4 is 15.7 Å². The minimum Gasteiger partial charge on any atom is -0.399 e. The van der Waals surface area contributed by atoms with Gasteiger partial charge in [-0.1, -0.05) is 32.4 Å². The van der Waals surface area contributed by atoms with Gasteiger partial charge in [-0.2, -0.15) is 0 Å². The summed E-state index contributed by atoms with van der Waals surface area (Å²) in [4.78, 5) is 0. The van der Waals surface area contributed by atoms with Gasteiger partial charge in [-0.25, -0.2) is 13.1 Å². The molecule has 0 fully saturated rings. The summed E-state index contributed by atoms with van der Waals surface area (Å²) in [6.07, 6.45) is 0.950. The Morgan fingerprint density at radius 1 is 1.22 bits per heavy atom. The van der Waals surface area contributed by atoms with Gasteiger partial charge in [0.2, 0.25) is 10.0 Å². The first kappa shape index (κ1) is 15.0.